The maximum atomic E-state index is 9.80. The summed E-state index contributed by atoms with van der Waals surface area (Å²) in [6, 6.07) is 6.95. The lowest BCUT2D eigenvalue weighted by atomic mass is 9.92. The third-order valence-electron chi connectivity index (χ3n) is 4.94. The van der Waals surface area contributed by atoms with Crippen molar-refractivity contribution in [1.82, 2.24) is 0 Å². The van der Waals surface area contributed by atoms with E-state index in [4.69, 9.17) is 0 Å². The summed E-state index contributed by atoms with van der Waals surface area (Å²) in [6.45, 7) is 15.7. The van der Waals surface area contributed by atoms with Crippen molar-refractivity contribution >= 4 is 12.0 Å². The summed E-state index contributed by atoms with van der Waals surface area (Å²) < 4.78 is 2.33. The largest absolute Gasteiger partial charge is 0.392 e. The molecule has 1 heterocycles. The summed E-state index contributed by atoms with van der Waals surface area (Å²) in [5.41, 5.74) is 4.22. The third kappa shape index (κ3) is 4.18. The molecule has 2 rings (SSSR count). The van der Waals surface area contributed by atoms with Gasteiger partial charge < -0.3 is 5.11 Å². The lowest BCUT2D eigenvalue weighted by Gasteiger charge is -2.20. The molecule has 0 saturated heterocycles. The summed E-state index contributed by atoms with van der Waals surface area (Å²) in [5.74, 6) is 1.61. The first-order chi connectivity index (χ1) is 11.3. The van der Waals surface area contributed by atoms with Crippen molar-refractivity contribution in [2.45, 2.75) is 65.8 Å². The molecule has 1 aromatic carbocycles. The summed E-state index contributed by atoms with van der Waals surface area (Å²) in [6.07, 6.45) is 3.28. The molecular formula is C21H35N2O+. The Hall–Kier alpha value is -1.35. The first-order valence-electron chi connectivity index (χ1n) is 9.46. The molecular weight excluding hydrogens is 296 g/mol. The predicted octanol–water partition coefficient (Wildman–Crippen LogP) is 4.20. The Morgan fingerprint density at radius 3 is 2.08 bits per heavy atom. The standard InChI is InChI=1S/C21H35N2O/c1-15(2)12-18(13-24)22-10-11-23(14-22)21-19(16(3)4)8-7-9-20(21)17(5)6/h7-9,14-18,24H,10-13H2,1-6H3/q+1. The van der Waals surface area contributed by atoms with E-state index in [1.165, 1.54) is 16.8 Å². The van der Waals surface area contributed by atoms with Gasteiger partial charge in [0.05, 0.1) is 6.61 Å². The number of aliphatic hydroxyl groups is 1. The van der Waals surface area contributed by atoms with Crippen LogP contribution in [0, 0.1) is 5.92 Å². The Morgan fingerprint density at radius 1 is 1.04 bits per heavy atom. The number of hydrogen-bond acceptors (Lipinski definition) is 2. The van der Waals surface area contributed by atoms with Gasteiger partial charge in [0.25, 0.3) is 0 Å². The van der Waals surface area contributed by atoms with Crippen LogP contribution in [0.25, 0.3) is 0 Å². The van der Waals surface area contributed by atoms with Crippen molar-refractivity contribution in [3.63, 3.8) is 0 Å². The molecule has 3 heteroatoms. The number of anilines is 1. The smallest absolute Gasteiger partial charge is 0.239 e. The van der Waals surface area contributed by atoms with Crippen LogP contribution in [0.4, 0.5) is 5.69 Å². The molecule has 0 aliphatic carbocycles. The molecule has 1 unspecified atom stereocenters. The molecule has 1 atom stereocenters. The van der Waals surface area contributed by atoms with Crippen LogP contribution < -0.4 is 4.90 Å². The fourth-order valence-electron chi connectivity index (χ4n) is 3.67. The second-order valence-electron chi connectivity index (χ2n) is 8.11. The van der Waals surface area contributed by atoms with Crippen molar-refractivity contribution in [3.05, 3.63) is 29.3 Å². The van der Waals surface area contributed by atoms with Gasteiger partial charge in [0.1, 0.15) is 24.8 Å². The number of aliphatic hydroxyl groups excluding tert-OH is 1. The zero-order valence-electron chi connectivity index (χ0n) is 16.3. The van der Waals surface area contributed by atoms with E-state index >= 15 is 0 Å². The van der Waals surface area contributed by atoms with Gasteiger partial charge in [-0.1, -0.05) is 59.7 Å². The van der Waals surface area contributed by atoms with E-state index < -0.39 is 0 Å². The highest BCUT2D eigenvalue weighted by Gasteiger charge is 2.31. The van der Waals surface area contributed by atoms with Crippen LogP contribution in [0.1, 0.15) is 70.9 Å². The lowest BCUT2D eigenvalue weighted by Crippen LogP contribution is -2.31. The molecule has 0 saturated carbocycles. The van der Waals surface area contributed by atoms with Gasteiger partial charge in [0.15, 0.2) is 0 Å². The quantitative estimate of drug-likeness (QED) is 0.758. The third-order valence-corrected chi connectivity index (χ3v) is 4.94. The number of hydrogen-bond donors (Lipinski definition) is 1. The Kier molecular flexibility index (Phi) is 6.45. The molecule has 1 aliphatic heterocycles. The predicted molar refractivity (Wildman–Crippen MR) is 103 cm³/mol. The highest BCUT2D eigenvalue weighted by atomic mass is 16.3. The van der Waals surface area contributed by atoms with Crippen LogP contribution >= 0.6 is 0 Å². The SMILES string of the molecule is CC(C)CC(CO)[N+]1=CN(c2c(C(C)C)cccc2C(C)C)CC1. The van der Waals surface area contributed by atoms with Gasteiger partial charge in [-0.2, -0.15) is 0 Å². The Morgan fingerprint density at radius 2 is 1.62 bits per heavy atom. The van der Waals surface area contributed by atoms with Gasteiger partial charge in [0, 0.05) is 11.1 Å². The summed E-state index contributed by atoms with van der Waals surface area (Å²) in [7, 11) is 0. The van der Waals surface area contributed by atoms with Gasteiger partial charge in [0.2, 0.25) is 6.34 Å². The van der Waals surface area contributed by atoms with E-state index in [2.05, 4.69) is 75.6 Å². The summed E-state index contributed by atoms with van der Waals surface area (Å²) in [5, 5.41) is 9.80. The first kappa shape index (κ1) is 19.0. The number of para-hydroxylation sites is 1. The number of rotatable bonds is 7. The van der Waals surface area contributed by atoms with Gasteiger partial charge in [-0.25, -0.2) is 4.90 Å². The second kappa shape index (κ2) is 8.15. The van der Waals surface area contributed by atoms with Gasteiger partial charge in [-0.3, -0.25) is 4.58 Å². The Labute approximate surface area is 148 Å². The van der Waals surface area contributed by atoms with Crippen molar-refractivity contribution in [2.75, 3.05) is 24.6 Å². The van der Waals surface area contributed by atoms with Crippen LogP contribution in [-0.4, -0.2) is 41.8 Å². The van der Waals surface area contributed by atoms with Crippen LogP contribution in [0.3, 0.4) is 0 Å². The normalized spacial score (nSPS) is 16.4. The maximum Gasteiger partial charge on any atom is 0.239 e. The summed E-state index contributed by atoms with van der Waals surface area (Å²) >= 11 is 0. The Bertz CT molecular complexity index is 549. The van der Waals surface area contributed by atoms with Crippen LogP contribution in [0.5, 0.6) is 0 Å². The van der Waals surface area contributed by atoms with E-state index in [-0.39, 0.29) is 12.6 Å². The van der Waals surface area contributed by atoms with Crippen molar-refractivity contribution < 1.29 is 9.68 Å². The molecule has 134 valence electrons. The molecule has 1 aromatic rings. The fourth-order valence-corrected chi connectivity index (χ4v) is 3.67. The molecule has 0 aromatic heterocycles. The first-order valence-corrected chi connectivity index (χ1v) is 9.46. The van der Waals surface area contributed by atoms with Gasteiger partial charge in [-0.15, -0.1) is 0 Å². The van der Waals surface area contributed by atoms with Crippen LogP contribution in [0.15, 0.2) is 18.2 Å². The molecule has 1 aliphatic rings. The molecule has 0 spiro atoms. The average molecular weight is 332 g/mol. The highest BCUT2D eigenvalue weighted by Crippen LogP contribution is 2.35. The fraction of sp³-hybridized carbons (Fsp3) is 0.667. The Balaban J connectivity index is 2.38. The van der Waals surface area contributed by atoms with Crippen LogP contribution in [-0.2, 0) is 0 Å². The molecule has 0 fully saturated rings. The van der Waals surface area contributed by atoms with E-state index in [0.29, 0.717) is 17.8 Å². The molecule has 24 heavy (non-hydrogen) atoms. The van der Waals surface area contributed by atoms with E-state index in [1.807, 2.05) is 0 Å². The second-order valence-corrected chi connectivity index (χ2v) is 8.11. The molecule has 1 N–H and O–H groups in total. The molecule has 0 radical (unpaired) electrons. The van der Waals surface area contributed by atoms with Crippen molar-refractivity contribution in [3.8, 4) is 0 Å². The minimum absolute atomic E-state index is 0.226. The topological polar surface area (TPSA) is 26.5 Å². The maximum absolute atomic E-state index is 9.80. The average Bonchev–Trinajstić information content (AvgIpc) is 3.00. The zero-order valence-corrected chi connectivity index (χ0v) is 16.3. The van der Waals surface area contributed by atoms with E-state index in [0.717, 1.165) is 19.5 Å². The highest BCUT2D eigenvalue weighted by molar-refractivity contribution is 5.81. The zero-order chi connectivity index (χ0) is 17.9. The van der Waals surface area contributed by atoms with E-state index in [1.54, 1.807) is 0 Å². The summed E-state index contributed by atoms with van der Waals surface area (Å²) in [4.78, 5) is 2.41. The van der Waals surface area contributed by atoms with Gasteiger partial charge >= 0.3 is 0 Å². The van der Waals surface area contributed by atoms with Crippen molar-refractivity contribution in [1.29, 1.82) is 0 Å². The lowest BCUT2D eigenvalue weighted by molar-refractivity contribution is -0.558. The van der Waals surface area contributed by atoms with Gasteiger partial charge in [-0.05, 0) is 24.2 Å². The van der Waals surface area contributed by atoms with Crippen molar-refractivity contribution in [2.24, 2.45) is 5.92 Å². The molecule has 3 nitrogen and oxygen atoms in total. The number of benzene rings is 1. The monoisotopic (exact) mass is 331 g/mol. The number of nitrogens with zero attached hydrogens (tertiary/aromatic N) is 2. The minimum atomic E-state index is 0.226. The van der Waals surface area contributed by atoms with E-state index in [9.17, 15) is 5.11 Å². The molecule has 0 amide bonds. The van der Waals surface area contributed by atoms with Crippen LogP contribution in [0.2, 0.25) is 0 Å². The minimum Gasteiger partial charge on any atom is -0.392 e. The molecule has 0 bridgehead atoms.